The van der Waals surface area contributed by atoms with Gasteiger partial charge in [0.05, 0.1) is 9.88 Å². The van der Waals surface area contributed by atoms with E-state index in [1.807, 2.05) is 38.7 Å². The van der Waals surface area contributed by atoms with Crippen molar-refractivity contribution in [1.29, 1.82) is 0 Å². The lowest BCUT2D eigenvalue weighted by molar-refractivity contribution is -0.123. The molecular weight excluding hydrogens is 370 g/mol. The predicted octanol–water partition coefficient (Wildman–Crippen LogP) is 3.53. The number of nitrogens with zero attached hydrogens (tertiary/aromatic N) is 1. The van der Waals surface area contributed by atoms with Gasteiger partial charge in [0.1, 0.15) is 0 Å². The van der Waals surface area contributed by atoms with Crippen LogP contribution in [0.5, 0.6) is 0 Å². The molecule has 2 aliphatic rings. The second-order valence-corrected chi connectivity index (χ2v) is 9.43. The number of aryl methyl sites for hydroxylation is 1. The molecule has 1 aromatic rings. The van der Waals surface area contributed by atoms with Crippen molar-refractivity contribution in [1.82, 2.24) is 10.2 Å². The lowest BCUT2D eigenvalue weighted by atomic mass is 9.92. The average molecular weight is 400 g/mol. The molecule has 0 aromatic carbocycles. The smallest absolute Gasteiger partial charge is 0.264 e. The molecule has 146 valence electrons. The van der Waals surface area contributed by atoms with Gasteiger partial charge in [-0.1, -0.05) is 20.8 Å². The molecule has 2 N–H and O–H groups in total. The van der Waals surface area contributed by atoms with E-state index < -0.39 is 5.41 Å². The van der Waals surface area contributed by atoms with Crippen LogP contribution in [0.15, 0.2) is 6.07 Å². The first-order chi connectivity index (χ1) is 11.8. The monoisotopic (exact) mass is 399 g/mol. The van der Waals surface area contributed by atoms with Gasteiger partial charge in [0.15, 0.2) is 0 Å². The molecule has 3 heterocycles. The van der Waals surface area contributed by atoms with Crippen molar-refractivity contribution in [2.24, 2.45) is 17.3 Å². The minimum atomic E-state index is -0.446. The molecule has 2 amide bonds. The van der Waals surface area contributed by atoms with E-state index in [4.69, 9.17) is 0 Å². The Kier molecular flexibility index (Phi) is 6.75. The van der Waals surface area contributed by atoms with Gasteiger partial charge in [0, 0.05) is 18.5 Å². The maximum Gasteiger partial charge on any atom is 0.264 e. The number of halogens is 1. The minimum Gasteiger partial charge on any atom is -0.338 e. The molecule has 2 aliphatic heterocycles. The first kappa shape index (κ1) is 21.2. The molecule has 1 aromatic heterocycles. The second-order valence-electron chi connectivity index (χ2n) is 8.37. The predicted molar refractivity (Wildman–Crippen MR) is 109 cm³/mol. The van der Waals surface area contributed by atoms with Crippen molar-refractivity contribution in [2.75, 3.05) is 31.5 Å². The molecule has 0 aliphatic carbocycles. The van der Waals surface area contributed by atoms with Crippen molar-refractivity contribution in [3.8, 4) is 0 Å². The molecule has 7 heteroatoms. The molecule has 0 saturated carbocycles. The first-order valence-electron chi connectivity index (χ1n) is 9.17. The molecule has 2 saturated heterocycles. The summed E-state index contributed by atoms with van der Waals surface area (Å²) in [6, 6.07) is 1.91. The van der Waals surface area contributed by atoms with Gasteiger partial charge in [-0.15, -0.1) is 23.7 Å². The van der Waals surface area contributed by atoms with Crippen LogP contribution in [0.1, 0.15) is 48.8 Å². The number of rotatable bonds is 2. The topological polar surface area (TPSA) is 61.4 Å². The average Bonchev–Trinajstić information content (AvgIpc) is 3.07. The normalized spacial score (nSPS) is 23.0. The lowest BCUT2D eigenvalue weighted by Gasteiger charge is -2.20. The third-order valence-electron chi connectivity index (χ3n) is 5.34. The summed E-state index contributed by atoms with van der Waals surface area (Å²) in [6.45, 7) is 11.5. The van der Waals surface area contributed by atoms with E-state index >= 15 is 0 Å². The number of amides is 2. The molecule has 0 bridgehead atoms. The Bertz CT molecular complexity index is 654. The molecule has 2 atom stereocenters. The highest BCUT2D eigenvalue weighted by molar-refractivity contribution is 7.18. The first-order valence-corrected chi connectivity index (χ1v) is 9.99. The number of carbonyl (C=O) groups is 2. The van der Waals surface area contributed by atoms with Gasteiger partial charge in [-0.3, -0.25) is 9.59 Å². The number of carbonyl (C=O) groups excluding carboxylic acids is 2. The fourth-order valence-corrected chi connectivity index (χ4v) is 4.66. The number of likely N-dealkylation sites (tertiary alicyclic amines) is 1. The van der Waals surface area contributed by atoms with Gasteiger partial charge < -0.3 is 15.5 Å². The van der Waals surface area contributed by atoms with Crippen LogP contribution in [0.25, 0.3) is 0 Å². The zero-order valence-corrected chi connectivity index (χ0v) is 17.7. The number of hydrogen-bond donors (Lipinski definition) is 2. The summed E-state index contributed by atoms with van der Waals surface area (Å²) in [5, 5.41) is 7.18. The number of hydrogen-bond acceptors (Lipinski definition) is 4. The van der Waals surface area contributed by atoms with E-state index in [1.165, 1.54) is 11.3 Å². The van der Waals surface area contributed by atoms with Crippen LogP contribution in [0, 0.1) is 24.2 Å². The van der Waals surface area contributed by atoms with Crippen LogP contribution in [0.4, 0.5) is 5.00 Å². The van der Waals surface area contributed by atoms with Crippen LogP contribution in [0.3, 0.4) is 0 Å². The highest BCUT2D eigenvalue weighted by Gasteiger charge is 2.32. The molecule has 0 radical (unpaired) electrons. The summed E-state index contributed by atoms with van der Waals surface area (Å²) < 4.78 is 0. The van der Waals surface area contributed by atoms with Gasteiger partial charge in [0.2, 0.25) is 5.91 Å². The third kappa shape index (κ3) is 4.59. The minimum absolute atomic E-state index is 0. The Morgan fingerprint density at radius 3 is 2.31 bits per heavy atom. The Hall–Kier alpha value is -1.11. The Balaban J connectivity index is 0.00000243. The van der Waals surface area contributed by atoms with E-state index in [0.717, 1.165) is 54.5 Å². The summed E-state index contributed by atoms with van der Waals surface area (Å²) in [5.41, 5.74) is 0.504. The van der Waals surface area contributed by atoms with Gasteiger partial charge in [-0.2, -0.15) is 0 Å². The summed E-state index contributed by atoms with van der Waals surface area (Å²) >= 11 is 1.40. The fourth-order valence-electron chi connectivity index (χ4n) is 3.62. The summed E-state index contributed by atoms with van der Waals surface area (Å²) in [5.74, 6) is 1.52. The van der Waals surface area contributed by atoms with Crippen molar-refractivity contribution in [2.45, 2.75) is 40.5 Å². The van der Waals surface area contributed by atoms with E-state index in [9.17, 15) is 9.59 Å². The highest BCUT2D eigenvalue weighted by Crippen LogP contribution is 2.32. The molecule has 0 spiro atoms. The maximum absolute atomic E-state index is 13.0. The van der Waals surface area contributed by atoms with E-state index in [1.54, 1.807) is 0 Å². The largest absolute Gasteiger partial charge is 0.338 e. The number of nitrogens with one attached hydrogen (secondary N) is 2. The summed E-state index contributed by atoms with van der Waals surface area (Å²) in [6.07, 6.45) is 2.17. The third-order valence-corrected chi connectivity index (χ3v) is 6.48. The van der Waals surface area contributed by atoms with Crippen LogP contribution in [-0.4, -0.2) is 42.9 Å². The quantitative estimate of drug-likeness (QED) is 0.799. The molecule has 0 unspecified atom stereocenters. The number of fused-ring (bicyclic) bond motifs is 1. The molecule has 26 heavy (non-hydrogen) atoms. The van der Waals surface area contributed by atoms with Gasteiger partial charge in [0.25, 0.3) is 5.91 Å². The highest BCUT2D eigenvalue weighted by atomic mass is 35.5. The SMILES string of the molecule is Cc1cc(NC(=O)C(C)(C)C)sc1C(=O)N1CC[C@@H]2CNC[C@@H]2CC1.Cl. The van der Waals surface area contributed by atoms with Crippen molar-refractivity contribution < 1.29 is 9.59 Å². The zero-order chi connectivity index (χ0) is 18.2. The number of thiophene rings is 1. The zero-order valence-electron chi connectivity index (χ0n) is 16.1. The summed E-state index contributed by atoms with van der Waals surface area (Å²) in [7, 11) is 0. The van der Waals surface area contributed by atoms with Crippen LogP contribution >= 0.6 is 23.7 Å². The van der Waals surface area contributed by atoms with Crippen molar-refractivity contribution in [3.63, 3.8) is 0 Å². The van der Waals surface area contributed by atoms with E-state index in [-0.39, 0.29) is 24.2 Å². The van der Waals surface area contributed by atoms with Gasteiger partial charge >= 0.3 is 0 Å². The lowest BCUT2D eigenvalue weighted by Crippen LogP contribution is -2.32. The van der Waals surface area contributed by atoms with Crippen LogP contribution in [-0.2, 0) is 4.79 Å². The fraction of sp³-hybridized carbons (Fsp3) is 0.684. The van der Waals surface area contributed by atoms with E-state index in [0.29, 0.717) is 11.8 Å². The van der Waals surface area contributed by atoms with Crippen LogP contribution in [0.2, 0.25) is 0 Å². The molecule has 2 fully saturated rings. The van der Waals surface area contributed by atoms with E-state index in [2.05, 4.69) is 10.6 Å². The molecule has 3 rings (SSSR count). The molecular formula is C19H30ClN3O2S. The maximum atomic E-state index is 13.0. The second kappa shape index (κ2) is 8.28. The Labute approximate surface area is 166 Å². The number of anilines is 1. The Morgan fingerprint density at radius 1 is 1.19 bits per heavy atom. The molecule has 5 nitrogen and oxygen atoms in total. The standard InChI is InChI=1S/C19H29N3O2S.ClH/c1-12-9-15(21-18(24)19(2,3)4)25-16(12)17(23)22-7-5-13-10-20-11-14(13)6-8-22;/h9,13-14,20H,5-8,10-11H2,1-4H3,(H,21,24);1H/t13-,14+;. The Morgan fingerprint density at radius 2 is 1.77 bits per heavy atom. The van der Waals surface area contributed by atoms with Gasteiger partial charge in [-0.25, -0.2) is 0 Å². The van der Waals surface area contributed by atoms with Crippen molar-refractivity contribution in [3.05, 3.63) is 16.5 Å². The van der Waals surface area contributed by atoms with Crippen LogP contribution < -0.4 is 10.6 Å². The summed E-state index contributed by atoms with van der Waals surface area (Å²) in [4.78, 5) is 27.9. The van der Waals surface area contributed by atoms with Crippen molar-refractivity contribution >= 4 is 40.6 Å². The van der Waals surface area contributed by atoms with Gasteiger partial charge in [-0.05, 0) is 56.3 Å².